The van der Waals surface area contributed by atoms with E-state index >= 15 is 0 Å². The first kappa shape index (κ1) is 13.9. The quantitative estimate of drug-likeness (QED) is 0.869. The van der Waals surface area contributed by atoms with Gasteiger partial charge >= 0.3 is 0 Å². The van der Waals surface area contributed by atoms with Crippen molar-refractivity contribution in [2.24, 2.45) is 5.73 Å². The van der Waals surface area contributed by atoms with Crippen molar-refractivity contribution in [2.45, 2.75) is 46.6 Å². The Morgan fingerprint density at radius 2 is 1.63 bits per heavy atom. The molecule has 0 aliphatic heterocycles. The maximum Gasteiger partial charge on any atom is 0.0455 e. The van der Waals surface area contributed by atoms with Crippen molar-refractivity contribution < 1.29 is 0 Å². The zero-order valence-corrected chi connectivity index (χ0v) is 12.6. The number of nitrogens with zero attached hydrogens (tertiary/aromatic N) is 1. The van der Waals surface area contributed by atoms with E-state index in [0.29, 0.717) is 6.54 Å². The molecule has 1 aromatic carbocycles. The third-order valence-electron chi connectivity index (χ3n) is 3.75. The third kappa shape index (κ3) is 2.59. The lowest BCUT2D eigenvalue weighted by Crippen LogP contribution is -2.11. The monoisotopic (exact) mass is 256 g/mol. The van der Waals surface area contributed by atoms with Crippen LogP contribution in [0.4, 0.5) is 0 Å². The first-order valence-electron chi connectivity index (χ1n) is 6.83. The Morgan fingerprint density at radius 1 is 1.05 bits per heavy atom. The highest BCUT2D eigenvalue weighted by Crippen LogP contribution is 2.25. The molecule has 19 heavy (non-hydrogen) atoms. The van der Waals surface area contributed by atoms with E-state index in [1.165, 1.54) is 28.2 Å². The Bertz CT molecular complexity index is 569. The fraction of sp³-hybridized carbons (Fsp3) is 0.412. The second-order valence-electron chi connectivity index (χ2n) is 6.23. The summed E-state index contributed by atoms with van der Waals surface area (Å²) in [6.07, 6.45) is 0. The summed E-state index contributed by atoms with van der Waals surface area (Å²) < 4.78 is 2.27. The zero-order chi connectivity index (χ0) is 14.2. The van der Waals surface area contributed by atoms with Crippen LogP contribution in [0.2, 0.25) is 0 Å². The first-order chi connectivity index (χ1) is 8.84. The molecular formula is C17H24N2. The standard InChI is InChI=1S/C17H24N2/c1-12-10-14(11-18)13(2)19(12)16-8-6-15(7-9-16)17(3,4)5/h6-10H,11,18H2,1-5H3. The summed E-state index contributed by atoms with van der Waals surface area (Å²) in [5, 5.41) is 0. The molecule has 0 radical (unpaired) electrons. The molecule has 0 unspecified atom stereocenters. The van der Waals surface area contributed by atoms with Crippen LogP contribution in [0.25, 0.3) is 5.69 Å². The summed E-state index contributed by atoms with van der Waals surface area (Å²) in [7, 11) is 0. The van der Waals surface area contributed by atoms with Crippen LogP contribution in [0.1, 0.15) is 43.3 Å². The molecule has 2 nitrogen and oxygen atoms in total. The molecule has 0 spiro atoms. The van der Waals surface area contributed by atoms with Crippen LogP contribution in [-0.4, -0.2) is 4.57 Å². The summed E-state index contributed by atoms with van der Waals surface area (Å²) in [6.45, 7) is 11.6. The van der Waals surface area contributed by atoms with E-state index in [1.54, 1.807) is 0 Å². The Kier molecular flexibility index (Phi) is 3.55. The topological polar surface area (TPSA) is 30.9 Å². The average molecular weight is 256 g/mol. The highest BCUT2D eigenvalue weighted by Gasteiger charge is 2.14. The molecule has 0 aliphatic carbocycles. The summed E-state index contributed by atoms with van der Waals surface area (Å²) in [5.41, 5.74) is 12.2. The van der Waals surface area contributed by atoms with Gasteiger partial charge in [0.05, 0.1) is 0 Å². The molecule has 2 aromatic rings. The maximum atomic E-state index is 5.78. The number of aryl methyl sites for hydroxylation is 1. The van der Waals surface area contributed by atoms with Crippen molar-refractivity contribution in [1.82, 2.24) is 4.57 Å². The lowest BCUT2D eigenvalue weighted by molar-refractivity contribution is 0.590. The largest absolute Gasteiger partial charge is 0.326 e. The second-order valence-corrected chi connectivity index (χ2v) is 6.23. The number of hydrogen-bond donors (Lipinski definition) is 1. The van der Waals surface area contributed by atoms with Crippen LogP contribution in [0.15, 0.2) is 30.3 Å². The van der Waals surface area contributed by atoms with Crippen molar-refractivity contribution in [3.8, 4) is 5.69 Å². The van der Waals surface area contributed by atoms with E-state index in [0.717, 1.165) is 0 Å². The van der Waals surface area contributed by atoms with E-state index in [1.807, 2.05) is 0 Å². The molecule has 0 saturated heterocycles. The SMILES string of the molecule is Cc1cc(CN)c(C)n1-c1ccc(C(C)(C)C)cc1. The lowest BCUT2D eigenvalue weighted by Gasteiger charge is -2.20. The molecule has 102 valence electrons. The van der Waals surface area contributed by atoms with Gasteiger partial charge in [-0.2, -0.15) is 0 Å². The number of aromatic nitrogens is 1. The summed E-state index contributed by atoms with van der Waals surface area (Å²) in [4.78, 5) is 0. The van der Waals surface area contributed by atoms with Crippen LogP contribution < -0.4 is 5.73 Å². The fourth-order valence-electron chi connectivity index (χ4n) is 2.54. The summed E-state index contributed by atoms with van der Waals surface area (Å²) in [6, 6.07) is 11.0. The number of nitrogens with two attached hydrogens (primary N) is 1. The first-order valence-corrected chi connectivity index (χ1v) is 6.83. The molecular weight excluding hydrogens is 232 g/mol. The van der Waals surface area contributed by atoms with Crippen LogP contribution in [0.3, 0.4) is 0 Å². The minimum Gasteiger partial charge on any atom is -0.326 e. The van der Waals surface area contributed by atoms with Crippen LogP contribution in [-0.2, 0) is 12.0 Å². The highest BCUT2D eigenvalue weighted by atomic mass is 15.0. The van der Waals surface area contributed by atoms with Gasteiger partial charge in [-0.05, 0) is 48.6 Å². The van der Waals surface area contributed by atoms with Crippen LogP contribution >= 0.6 is 0 Å². The highest BCUT2D eigenvalue weighted by molar-refractivity contribution is 5.43. The smallest absolute Gasteiger partial charge is 0.0455 e. The summed E-state index contributed by atoms with van der Waals surface area (Å²) in [5.74, 6) is 0. The van der Waals surface area contributed by atoms with Gasteiger partial charge in [-0.1, -0.05) is 32.9 Å². The second kappa shape index (κ2) is 4.86. The Hall–Kier alpha value is -1.54. The van der Waals surface area contributed by atoms with Gasteiger partial charge in [0.25, 0.3) is 0 Å². The van der Waals surface area contributed by atoms with E-state index in [-0.39, 0.29) is 5.41 Å². The minimum atomic E-state index is 0.196. The molecule has 0 bridgehead atoms. The van der Waals surface area contributed by atoms with Gasteiger partial charge in [0.1, 0.15) is 0 Å². The number of hydrogen-bond acceptors (Lipinski definition) is 1. The maximum absolute atomic E-state index is 5.78. The van der Waals surface area contributed by atoms with Gasteiger partial charge in [-0.15, -0.1) is 0 Å². The van der Waals surface area contributed by atoms with E-state index in [9.17, 15) is 0 Å². The van der Waals surface area contributed by atoms with E-state index < -0.39 is 0 Å². The van der Waals surface area contributed by atoms with Gasteiger partial charge in [0, 0.05) is 23.6 Å². The van der Waals surface area contributed by atoms with Crippen molar-refractivity contribution >= 4 is 0 Å². The van der Waals surface area contributed by atoms with Crippen molar-refractivity contribution in [1.29, 1.82) is 0 Å². The minimum absolute atomic E-state index is 0.196. The molecule has 2 N–H and O–H groups in total. The van der Waals surface area contributed by atoms with Gasteiger partial charge in [-0.25, -0.2) is 0 Å². The summed E-state index contributed by atoms with van der Waals surface area (Å²) >= 11 is 0. The lowest BCUT2D eigenvalue weighted by atomic mass is 9.87. The van der Waals surface area contributed by atoms with Crippen LogP contribution in [0, 0.1) is 13.8 Å². The molecule has 0 amide bonds. The van der Waals surface area contributed by atoms with Gasteiger partial charge in [0.15, 0.2) is 0 Å². The molecule has 2 rings (SSSR count). The van der Waals surface area contributed by atoms with Gasteiger partial charge < -0.3 is 10.3 Å². The molecule has 0 saturated carbocycles. The van der Waals surface area contributed by atoms with E-state index in [2.05, 4.69) is 69.5 Å². The van der Waals surface area contributed by atoms with Crippen molar-refractivity contribution in [3.05, 3.63) is 52.8 Å². The molecule has 0 atom stereocenters. The third-order valence-corrected chi connectivity index (χ3v) is 3.75. The number of benzene rings is 1. The molecule has 0 fully saturated rings. The predicted molar refractivity (Wildman–Crippen MR) is 81.8 cm³/mol. The average Bonchev–Trinajstić information content (AvgIpc) is 2.63. The molecule has 1 heterocycles. The van der Waals surface area contributed by atoms with Crippen LogP contribution in [0.5, 0.6) is 0 Å². The molecule has 2 heteroatoms. The normalized spacial score (nSPS) is 11.9. The predicted octanol–water partition coefficient (Wildman–Crippen LogP) is 3.85. The molecule has 1 aromatic heterocycles. The Morgan fingerprint density at radius 3 is 2.05 bits per heavy atom. The number of rotatable bonds is 2. The van der Waals surface area contributed by atoms with Gasteiger partial charge in [-0.3, -0.25) is 0 Å². The molecule has 0 aliphatic rings. The Labute approximate surface area is 116 Å². The van der Waals surface area contributed by atoms with Crippen molar-refractivity contribution in [2.75, 3.05) is 0 Å². The fourth-order valence-corrected chi connectivity index (χ4v) is 2.54. The van der Waals surface area contributed by atoms with E-state index in [4.69, 9.17) is 5.73 Å². The Balaban J connectivity index is 2.46. The zero-order valence-electron chi connectivity index (χ0n) is 12.6. The van der Waals surface area contributed by atoms with Crippen molar-refractivity contribution in [3.63, 3.8) is 0 Å². The van der Waals surface area contributed by atoms with Gasteiger partial charge in [0.2, 0.25) is 0 Å².